The molecule has 1 aromatic rings. The molecule has 0 radical (unpaired) electrons. The molecule has 4 heteroatoms. The minimum atomic E-state index is -0.327. The van der Waals surface area contributed by atoms with Gasteiger partial charge in [0.05, 0.1) is 6.26 Å². The number of carbonyl (C=O) groups excluding carboxylic acids is 2. The summed E-state index contributed by atoms with van der Waals surface area (Å²) in [5.74, 6) is -0.220. The lowest BCUT2D eigenvalue weighted by atomic mass is 10.1. The molecule has 80 valence electrons. The number of nitrogens with one attached hydrogen (secondary N) is 1. The molecule has 0 saturated carbocycles. The quantitative estimate of drug-likeness (QED) is 0.818. The van der Waals surface area contributed by atoms with Gasteiger partial charge in [0.15, 0.2) is 5.76 Å². The van der Waals surface area contributed by atoms with Crippen molar-refractivity contribution in [3.8, 4) is 0 Å². The van der Waals surface area contributed by atoms with E-state index in [1.54, 1.807) is 25.1 Å². The van der Waals surface area contributed by atoms with Crippen molar-refractivity contribution in [1.29, 1.82) is 0 Å². The van der Waals surface area contributed by atoms with Crippen LogP contribution in [0.3, 0.4) is 0 Å². The number of Topliss-reactive ketones (excluding diaryl/α,β-unsaturated/α-hetero) is 1. The fourth-order valence-corrected chi connectivity index (χ4v) is 0.883. The van der Waals surface area contributed by atoms with E-state index >= 15 is 0 Å². The van der Waals surface area contributed by atoms with Crippen LogP contribution in [-0.2, 0) is 4.79 Å². The molecule has 1 heterocycles. The van der Waals surface area contributed by atoms with E-state index in [2.05, 4.69) is 5.32 Å². The van der Waals surface area contributed by atoms with Crippen LogP contribution in [0.5, 0.6) is 0 Å². The molecular weight excluding hydrogens is 194 g/mol. The number of furan rings is 1. The van der Waals surface area contributed by atoms with E-state index in [0.717, 1.165) is 0 Å². The number of rotatable bonds is 4. The standard InChI is InChI=1S/C11H13NO3/c1-8(9(2)13)5-6-12-11(14)10-4-3-7-15-10/h3-8H,1-2H3,(H,12,14)/b6-5+. The molecule has 15 heavy (non-hydrogen) atoms. The van der Waals surface area contributed by atoms with E-state index in [0.29, 0.717) is 0 Å². The number of carbonyl (C=O) groups is 2. The number of allylic oxidation sites excluding steroid dienone is 1. The molecular formula is C11H13NO3. The number of hydrogen-bond donors (Lipinski definition) is 1. The van der Waals surface area contributed by atoms with Crippen LogP contribution in [0.1, 0.15) is 24.4 Å². The van der Waals surface area contributed by atoms with Crippen molar-refractivity contribution in [3.05, 3.63) is 36.4 Å². The molecule has 1 aromatic heterocycles. The molecule has 0 saturated heterocycles. The molecule has 0 aliphatic rings. The van der Waals surface area contributed by atoms with E-state index < -0.39 is 0 Å². The van der Waals surface area contributed by atoms with Crippen LogP contribution < -0.4 is 5.32 Å². The average molecular weight is 207 g/mol. The predicted molar refractivity (Wildman–Crippen MR) is 55.2 cm³/mol. The minimum absolute atomic E-state index is 0.0542. The van der Waals surface area contributed by atoms with Crippen LogP contribution in [0.25, 0.3) is 0 Å². The Balaban J connectivity index is 2.44. The Morgan fingerprint density at radius 2 is 2.27 bits per heavy atom. The lowest BCUT2D eigenvalue weighted by Crippen LogP contribution is -2.17. The first-order chi connectivity index (χ1) is 7.11. The normalized spacial score (nSPS) is 12.7. The van der Waals surface area contributed by atoms with Crippen molar-refractivity contribution < 1.29 is 14.0 Å². The Hall–Kier alpha value is -1.84. The molecule has 0 aromatic carbocycles. The van der Waals surface area contributed by atoms with Gasteiger partial charge in [-0.1, -0.05) is 13.0 Å². The van der Waals surface area contributed by atoms with Crippen molar-refractivity contribution in [2.45, 2.75) is 13.8 Å². The molecule has 4 nitrogen and oxygen atoms in total. The number of hydrogen-bond acceptors (Lipinski definition) is 3. The lowest BCUT2D eigenvalue weighted by molar-refractivity contribution is -0.118. The largest absolute Gasteiger partial charge is 0.459 e. The van der Waals surface area contributed by atoms with E-state index in [9.17, 15) is 9.59 Å². The van der Waals surface area contributed by atoms with Crippen molar-refractivity contribution in [1.82, 2.24) is 5.32 Å². The van der Waals surface area contributed by atoms with Gasteiger partial charge in [0, 0.05) is 12.1 Å². The fraction of sp³-hybridized carbons (Fsp3) is 0.273. The summed E-state index contributed by atoms with van der Waals surface area (Å²) in [6.45, 7) is 3.27. The van der Waals surface area contributed by atoms with Crippen LogP contribution in [0.2, 0.25) is 0 Å². The number of amides is 1. The fourth-order valence-electron chi connectivity index (χ4n) is 0.883. The molecule has 0 aliphatic heterocycles. The zero-order valence-corrected chi connectivity index (χ0v) is 8.69. The highest BCUT2D eigenvalue weighted by atomic mass is 16.3. The van der Waals surface area contributed by atoms with Crippen molar-refractivity contribution in [2.75, 3.05) is 0 Å². The third-order valence-electron chi connectivity index (χ3n) is 1.99. The molecule has 0 aliphatic carbocycles. The van der Waals surface area contributed by atoms with Gasteiger partial charge in [-0.15, -0.1) is 0 Å². The van der Waals surface area contributed by atoms with Crippen molar-refractivity contribution in [2.24, 2.45) is 5.92 Å². The summed E-state index contributed by atoms with van der Waals surface area (Å²) >= 11 is 0. The maximum atomic E-state index is 11.3. The Morgan fingerprint density at radius 3 is 2.80 bits per heavy atom. The summed E-state index contributed by atoms with van der Waals surface area (Å²) < 4.78 is 4.89. The van der Waals surface area contributed by atoms with Gasteiger partial charge < -0.3 is 9.73 Å². The second-order valence-electron chi connectivity index (χ2n) is 3.21. The Bertz CT molecular complexity index is 365. The highest BCUT2D eigenvalue weighted by Gasteiger charge is 2.06. The smallest absolute Gasteiger partial charge is 0.290 e. The molecule has 1 atom stereocenters. The highest BCUT2D eigenvalue weighted by Crippen LogP contribution is 2.00. The summed E-state index contributed by atoms with van der Waals surface area (Å²) in [4.78, 5) is 22.2. The molecule has 1 rings (SSSR count). The highest BCUT2D eigenvalue weighted by molar-refractivity contribution is 5.92. The van der Waals surface area contributed by atoms with Gasteiger partial charge in [-0.05, 0) is 19.1 Å². The summed E-state index contributed by atoms with van der Waals surface area (Å²) in [6, 6.07) is 3.20. The Morgan fingerprint density at radius 1 is 1.53 bits per heavy atom. The number of ketones is 1. The summed E-state index contributed by atoms with van der Waals surface area (Å²) in [5, 5.41) is 2.51. The predicted octanol–water partition coefficient (Wildman–Crippen LogP) is 1.75. The first-order valence-corrected chi connectivity index (χ1v) is 4.62. The molecule has 1 N–H and O–H groups in total. The maximum Gasteiger partial charge on any atom is 0.290 e. The molecule has 1 unspecified atom stereocenters. The van der Waals surface area contributed by atoms with Crippen LogP contribution in [0.4, 0.5) is 0 Å². The average Bonchev–Trinajstić information content (AvgIpc) is 2.70. The Kier molecular flexibility index (Phi) is 3.85. The summed E-state index contributed by atoms with van der Waals surface area (Å²) in [7, 11) is 0. The Labute approximate surface area is 88.0 Å². The molecule has 1 amide bonds. The maximum absolute atomic E-state index is 11.3. The van der Waals surface area contributed by atoms with Crippen molar-refractivity contribution in [3.63, 3.8) is 0 Å². The molecule has 0 bridgehead atoms. The minimum Gasteiger partial charge on any atom is -0.459 e. The van der Waals surface area contributed by atoms with Gasteiger partial charge >= 0.3 is 0 Å². The van der Waals surface area contributed by atoms with Crippen molar-refractivity contribution >= 4 is 11.7 Å². The van der Waals surface area contributed by atoms with Gasteiger partial charge in [-0.3, -0.25) is 9.59 Å². The topological polar surface area (TPSA) is 59.3 Å². The first kappa shape index (κ1) is 11.2. The van der Waals surface area contributed by atoms with E-state index in [1.807, 2.05) is 0 Å². The van der Waals surface area contributed by atoms with E-state index in [1.165, 1.54) is 19.4 Å². The zero-order valence-electron chi connectivity index (χ0n) is 8.69. The van der Waals surface area contributed by atoms with Gasteiger partial charge in [0.1, 0.15) is 5.78 Å². The third-order valence-corrected chi connectivity index (χ3v) is 1.99. The summed E-state index contributed by atoms with van der Waals surface area (Å²) in [6.07, 6.45) is 4.51. The van der Waals surface area contributed by atoms with Crippen LogP contribution in [-0.4, -0.2) is 11.7 Å². The molecule has 0 spiro atoms. The molecule has 0 fully saturated rings. The lowest BCUT2D eigenvalue weighted by Gasteiger charge is -1.99. The van der Waals surface area contributed by atoms with E-state index in [4.69, 9.17) is 4.42 Å². The first-order valence-electron chi connectivity index (χ1n) is 4.62. The van der Waals surface area contributed by atoms with Gasteiger partial charge in [0.25, 0.3) is 5.91 Å². The summed E-state index contributed by atoms with van der Waals surface area (Å²) in [5.41, 5.74) is 0. The van der Waals surface area contributed by atoms with Gasteiger partial charge in [-0.2, -0.15) is 0 Å². The van der Waals surface area contributed by atoms with E-state index in [-0.39, 0.29) is 23.4 Å². The van der Waals surface area contributed by atoms with Gasteiger partial charge in [-0.25, -0.2) is 0 Å². The SMILES string of the molecule is CC(=O)C(C)/C=C/NC(=O)c1ccco1. The third kappa shape index (κ3) is 3.42. The van der Waals surface area contributed by atoms with Gasteiger partial charge in [0.2, 0.25) is 0 Å². The zero-order chi connectivity index (χ0) is 11.3. The second-order valence-corrected chi connectivity index (χ2v) is 3.21. The second kappa shape index (κ2) is 5.14. The van der Waals surface area contributed by atoms with Crippen LogP contribution in [0, 0.1) is 5.92 Å². The monoisotopic (exact) mass is 207 g/mol. The van der Waals surface area contributed by atoms with Crippen LogP contribution >= 0.6 is 0 Å². The van der Waals surface area contributed by atoms with Crippen LogP contribution in [0.15, 0.2) is 35.1 Å².